The Kier molecular flexibility index (Phi) is 5.22. The molecule has 96 valence electrons. The second kappa shape index (κ2) is 5.99. The van der Waals surface area contributed by atoms with Gasteiger partial charge in [0.05, 0.1) is 6.61 Å². The monoisotopic (exact) mass is 228 g/mol. The zero-order chi connectivity index (χ0) is 12.2. The molecule has 2 unspecified atom stereocenters. The predicted molar refractivity (Wildman–Crippen MR) is 68.8 cm³/mol. The van der Waals surface area contributed by atoms with Gasteiger partial charge in [-0.15, -0.1) is 0 Å². The highest BCUT2D eigenvalue weighted by atomic mass is 16.5. The smallest absolute Gasteiger partial charge is 0.0589 e. The molecule has 1 fully saturated rings. The third-order valence-corrected chi connectivity index (χ3v) is 3.49. The minimum absolute atomic E-state index is 0.241. The van der Waals surface area contributed by atoms with Crippen LogP contribution in [0.25, 0.3) is 0 Å². The summed E-state index contributed by atoms with van der Waals surface area (Å²) in [5.41, 5.74) is 0.241. The first-order valence-electron chi connectivity index (χ1n) is 6.38. The van der Waals surface area contributed by atoms with E-state index in [1.54, 1.807) is 7.11 Å². The van der Waals surface area contributed by atoms with Gasteiger partial charge in [0.15, 0.2) is 0 Å². The molecule has 0 amide bonds. The molecule has 0 aromatic rings. The molecular formula is C13H28N2O. The lowest BCUT2D eigenvalue weighted by atomic mass is 9.78. The van der Waals surface area contributed by atoms with Crippen molar-refractivity contribution in [2.45, 2.75) is 45.2 Å². The minimum atomic E-state index is 0.241. The maximum Gasteiger partial charge on any atom is 0.0589 e. The fourth-order valence-electron chi connectivity index (χ4n) is 2.21. The maximum atomic E-state index is 5.12. The molecule has 1 saturated carbocycles. The quantitative estimate of drug-likeness (QED) is 0.749. The van der Waals surface area contributed by atoms with Crippen LogP contribution in [0.2, 0.25) is 0 Å². The molecule has 0 radical (unpaired) electrons. The molecule has 0 spiro atoms. The van der Waals surface area contributed by atoms with Crippen LogP contribution in [0.1, 0.15) is 33.6 Å². The first-order valence-corrected chi connectivity index (χ1v) is 6.38. The minimum Gasteiger partial charge on any atom is -0.383 e. The summed E-state index contributed by atoms with van der Waals surface area (Å²) in [6.07, 6.45) is 2.71. The molecule has 16 heavy (non-hydrogen) atoms. The molecule has 0 aromatic carbocycles. The lowest BCUT2D eigenvalue weighted by molar-refractivity contribution is 0.0566. The summed E-state index contributed by atoms with van der Waals surface area (Å²) < 4.78 is 5.12. The van der Waals surface area contributed by atoms with Gasteiger partial charge < -0.3 is 15.0 Å². The SMILES string of the molecule is COCCN(C)C1CCC1CNC(C)(C)C. The van der Waals surface area contributed by atoms with Crippen LogP contribution in [-0.4, -0.2) is 50.3 Å². The van der Waals surface area contributed by atoms with Gasteiger partial charge in [0.25, 0.3) is 0 Å². The van der Waals surface area contributed by atoms with Crippen molar-refractivity contribution >= 4 is 0 Å². The highest BCUT2D eigenvalue weighted by molar-refractivity contribution is 4.90. The normalized spacial score (nSPS) is 25.9. The summed E-state index contributed by atoms with van der Waals surface area (Å²) in [6, 6.07) is 0.755. The van der Waals surface area contributed by atoms with Gasteiger partial charge >= 0.3 is 0 Å². The van der Waals surface area contributed by atoms with Crippen LogP contribution in [-0.2, 0) is 4.74 Å². The van der Waals surface area contributed by atoms with Crippen molar-refractivity contribution in [1.29, 1.82) is 0 Å². The molecule has 2 atom stereocenters. The topological polar surface area (TPSA) is 24.5 Å². The van der Waals surface area contributed by atoms with Crippen molar-refractivity contribution in [3.63, 3.8) is 0 Å². The highest BCUT2D eigenvalue weighted by Gasteiger charge is 2.33. The summed E-state index contributed by atoms with van der Waals surface area (Å²) in [7, 11) is 3.99. The van der Waals surface area contributed by atoms with Gasteiger partial charge in [-0.1, -0.05) is 0 Å². The predicted octanol–water partition coefficient (Wildman–Crippen LogP) is 1.73. The molecule has 3 heteroatoms. The fraction of sp³-hybridized carbons (Fsp3) is 1.00. The van der Waals surface area contributed by atoms with E-state index in [1.807, 2.05) is 0 Å². The zero-order valence-corrected chi connectivity index (χ0v) is 11.5. The number of hydrogen-bond donors (Lipinski definition) is 1. The number of methoxy groups -OCH3 is 1. The summed E-state index contributed by atoms with van der Waals surface area (Å²) in [4.78, 5) is 2.45. The lowest BCUT2D eigenvalue weighted by Gasteiger charge is -2.44. The Morgan fingerprint density at radius 2 is 2.00 bits per heavy atom. The molecular weight excluding hydrogens is 200 g/mol. The van der Waals surface area contributed by atoms with Crippen molar-refractivity contribution in [3.8, 4) is 0 Å². The van der Waals surface area contributed by atoms with E-state index in [4.69, 9.17) is 4.74 Å². The molecule has 0 aliphatic heterocycles. The molecule has 0 saturated heterocycles. The van der Waals surface area contributed by atoms with E-state index in [2.05, 4.69) is 38.0 Å². The van der Waals surface area contributed by atoms with Gasteiger partial charge in [-0.05, 0) is 53.1 Å². The first kappa shape index (κ1) is 13.9. The Balaban J connectivity index is 2.24. The summed E-state index contributed by atoms with van der Waals surface area (Å²) in [6.45, 7) is 9.73. The average Bonchev–Trinajstić information content (AvgIpc) is 2.11. The Hall–Kier alpha value is -0.120. The lowest BCUT2D eigenvalue weighted by Crippen LogP contribution is -2.52. The van der Waals surface area contributed by atoms with Crippen LogP contribution in [0, 0.1) is 5.92 Å². The van der Waals surface area contributed by atoms with Crippen molar-refractivity contribution < 1.29 is 4.74 Å². The van der Waals surface area contributed by atoms with Crippen molar-refractivity contribution in [3.05, 3.63) is 0 Å². The van der Waals surface area contributed by atoms with Gasteiger partial charge in [-0.25, -0.2) is 0 Å². The van der Waals surface area contributed by atoms with Crippen LogP contribution in [0.4, 0.5) is 0 Å². The Bertz CT molecular complexity index is 201. The molecule has 1 rings (SSSR count). The second-order valence-corrected chi connectivity index (χ2v) is 6.01. The Morgan fingerprint density at radius 3 is 2.44 bits per heavy atom. The van der Waals surface area contributed by atoms with Gasteiger partial charge in [0, 0.05) is 25.2 Å². The van der Waals surface area contributed by atoms with Gasteiger partial charge in [0.1, 0.15) is 0 Å². The number of hydrogen-bond acceptors (Lipinski definition) is 3. The average molecular weight is 228 g/mol. The van der Waals surface area contributed by atoms with E-state index in [-0.39, 0.29) is 5.54 Å². The van der Waals surface area contributed by atoms with E-state index in [1.165, 1.54) is 12.8 Å². The van der Waals surface area contributed by atoms with Crippen LogP contribution in [0.3, 0.4) is 0 Å². The molecule has 1 aliphatic carbocycles. The number of rotatable bonds is 6. The van der Waals surface area contributed by atoms with E-state index < -0.39 is 0 Å². The fourth-order valence-corrected chi connectivity index (χ4v) is 2.21. The Labute approximate surface area is 101 Å². The number of nitrogens with zero attached hydrogens (tertiary/aromatic N) is 1. The Morgan fingerprint density at radius 1 is 1.31 bits per heavy atom. The van der Waals surface area contributed by atoms with Crippen molar-refractivity contribution in [2.24, 2.45) is 5.92 Å². The summed E-state index contributed by atoms with van der Waals surface area (Å²) in [5.74, 6) is 0.820. The molecule has 3 nitrogen and oxygen atoms in total. The van der Waals surface area contributed by atoms with Gasteiger partial charge in [-0.2, -0.15) is 0 Å². The van der Waals surface area contributed by atoms with Crippen LogP contribution in [0.5, 0.6) is 0 Å². The zero-order valence-electron chi connectivity index (χ0n) is 11.5. The number of nitrogens with one attached hydrogen (secondary N) is 1. The maximum absolute atomic E-state index is 5.12. The van der Waals surface area contributed by atoms with E-state index in [9.17, 15) is 0 Å². The molecule has 1 N–H and O–H groups in total. The van der Waals surface area contributed by atoms with Gasteiger partial charge in [0.2, 0.25) is 0 Å². The second-order valence-electron chi connectivity index (χ2n) is 6.01. The molecule has 1 aliphatic rings. The number of likely N-dealkylation sites (N-methyl/N-ethyl adjacent to an activating group) is 1. The third kappa shape index (κ3) is 4.40. The third-order valence-electron chi connectivity index (χ3n) is 3.49. The highest BCUT2D eigenvalue weighted by Crippen LogP contribution is 2.31. The molecule has 0 aromatic heterocycles. The van der Waals surface area contributed by atoms with Crippen molar-refractivity contribution in [2.75, 3.05) is 33.9 Å². The number of ether oxygens (including phenoxy) is 1. The summed E-state index contributed by atoms with van der Waals surface area (Å²) in [5, 5.41) is 3.61. The summed E-state index contributed by atoms with van der Waals surface area (Å²) >= 11 is 0. The van der Waals surface area contributed by atoms with Crippen LogP contribution >= 0.6 is 0 Å². The van der Waals surface area contributed by atoms with E-state index in [0.29, 0.717) is 0 Å². The van der Waals surface area contributed by atoms with Gasteiger partial charge in [-0.3, -0.25) is 0 Å². The molecule has 0 heterocycles. The van der Waals surface area contributed by atoms with E-state index in [0.717, 1.165) is 31.7 Å². The van der Waals surface area contributed by atoms with Crippen molar-refractivity contribution in [1.82, 2.24) is 10.2 Å². The largest absolute Gasteiger partial charge is 0.383 e. The van der Waals surface area contributed by atoms with Crippen LogP contribution in [0.15, 0.2) is 0 Å². The molecule has 0 bridgehead atoms. The van der Waals surface area contributed by atoms with Crippen LogP contribution < -0.4 is 5.32 Å². The van der Waals surface area contributed by atoms with E-state index >= 15 is 0 Å². The first-order chi connectivity index (χ1) is 7.44. The standard InChI is InChI=1S/C13H28N2O/c1-13(2,3)14-10-11-6-7-12(11)15(4)8-9-16-5/h11-12,14H,6-10H2,1-5H3.